The molecule has 0 aromatic rings. The monoisotopic (exact) mass is 500 g/mol. The van der Waals surface area contributed by atoms with Gasteiger partial charge in [0, 0.05) is 0 Å². The van der Waals surface area contributed by atoms with Crippen molar-refractivity contribution in [3.63, 3.8) is 0 Å². The van der Waals surface area contributed by atoms with Gasteiger partial charge in [-0.05, 0) is 11.8 Å². The van der Waals surface area contributed by atoms with Gasteiger partial charge in [0.1, 0.15) is 0 Å². The second kappa shape index (κ2) is 9.04. The van der Waals surface area contributed by atoms with Crippen LogP contribution in [-0.2, 0) is 25.8 Å². The van der Waals surface area contributed by atoms with Crippen LogP contribution in [0.5, 0.6) is 0 Å². The van der Waals surface area contributed by atoms with Crippen LogP contribution in [0.2, 0.25) is 0 Å². The van der Waals surface area contributed by atoms with E-state index in [1.54, 1.807) is 0 Å². The first-order valence-electron chi connectivity index (χ1n) is 7.78. The first-order valence-corrected chi connectivity index (χ1v) is 7.78. The molecule has 4 aliphatic rings. The summed E-state index contributed by atoms with van der Waals surface area (Å²) in [6.45, 7) is 0. The largest absolute Gasteiger partial charge is 4.00 e. The van der Waals surface area contributed by atoms with Crippen molar-refractivity contribution in [2.24, 2.45) is 35.5 Å². The molecule has 6 unspecified atom stereocenters. The molecule has 0 aliphatic heterocycles. The Morgan fingerprint density at radius 3 is 1.50 bits per heavy atom. The van der Waals surface area contributed by atoms with E-state index >= 15 is 0 Å². The number of halogens is 2. The predicted molar refractivity (Wildman–Crippen MR) is 80.0 cm³/mol. The third kappa shape index (κ3) is 4.28. The Morgan fingerprint density at radius 1 is 0.682 bits per heavy atom. The van der Waals surface area contributed by atoms with Gasteiger partial charge in [0.2, 0.25) is 0 Å². The topological polar surface area (TPSA) is 0 Å². The standard InChI is InChI=1S/C19H22.2ClH.Hf/c1-2-6-17-11-14(10-16(17)5-1)9-15-12-18-7-3-4-8-19(18)13-15;;;/h1-8,10,12,14-19H,9,11,13H2;2*1H;/q-2;;;+4/p-2. The van der Waals surface area contributed by atoms with Crippen molar-refractivity contribution in [1.82, 2.24) is 0 Å². The van der Waals surface area contributed by atoms with E-state index in [2.05, 4.69) is 61.4 Å². The Morgan fingerprint density at radius 2 is 1.09 bits per heavy atom. The molecule has 0 aromatic carbocycles. The van der Waals surface area contributed by atoms with Gasteiger partial charge in [-0.15, -0.1) is 30.4 Å². The van der Waals surface area contributed by atoms with Crippen molar-refractivity contribution in [3.8, 4) is 0 Å². The predicted octanol–water partition coefficient (Wildman–Crippen LogP) is -1.45. The minimum Gasteiger partial charge on any atom is -1.00 e. The summed E-state index contributed by atoms with van der Waals surface area (Å²) in [4.78, 5) is 0. The van der Waals surface area contributed by atoms with Crippen LogP contribution >= 0.6 is 0 Å². The third-order valence-electron chi connectivity index (χ3n) is 5.34. The van der Waals surface area contributed by atoms with Gasteiger partial charge in [0.05, 0.1) is 0 Å². The Kier molecular flexibility index (Phi) is 8.41. The van der Waals surface area contributed by atoms with Crippen molar-refractivity contribution in [2.75, 3.05) is 0 Å². The molecule has 0 saturated heterocycles. The molecule has 0 N–H and O–H groups in total. The van der Waals surface area contributed by atoms with E-state index in [9.17, 15) is 0 Å². The van der Waals surface area contributed by atoms with Crippen LogP contribution in [-0.4, -0.2) is 0 Å². The summed E-state index contributed by atoms with van der Waals surface area (Å²) in [5, 5.41) is 0. The average Bonchev–Trinajstić information content (AvgIpc) is 3.00. The van der Waals surface area contributed by atoms with Gasteiger partial charge >= 0.3 is 25.8 Å². The molecular formula is C19H22Cl2Hf. The molecule has 3 heteroatoms. The molecule has 4 rings (SSSR count). The van der Waals surface area contributed by atoms with E-state index in [4.69, 9.17) is 0 Å². The zero-order valence-electron chi connectivity index (χ0n) is 12.6. The van der Waals surface area contributed by atoms with Crippen LogP contribution in [0.1, 0.15) is 19.3 Å². The summed E-state index contributed by atoms with van der Waals surface area (Å²) in [5.41, 5.74) is 0. The first-order chi connectivity index (χ1) is 9.38. The molecule has 0 heterocycles. The smallest absolute Gasteiger partial charge is 1.00 e. The van der Waals surface area contributed by atoms with E-state index in [-0.39, 0.29) is 50.7 Å². The molecule has 4 aliphatic carbocycles. The maximum absolute atomic E-state index is 2.62. The van der Waals surface area contributed by atoms with E-state index in [1.165, 1.54) is 19.3 Å². The first kappa shape index (κ1) is 20.5. The summed E-state index contributed by atoms with van der Waals surface area (Å²) in [6, 6.07) is 0. The molecule has 22 heavy (non-hydrogen) atoms. The van der Waals surface area contributed by atoms with Crippen molar-refractivity contribution in [3.05, 3.63) is 61.4 Å². The van der Waals surface area contributed by atoms with E-state index in [0.717, 1.165) is 35.5 Å². The molecule has 0 aromatic heterocycles. The van der Waals surface area contributed by atoms with Gasteiger partial charge in [-0.1, -0.05) is 49.3 Å². The van der Waals surface area contributed by atoms with Gasteiger partial charge in [0.15, 0.2) is 0 Å². The Balaban J connectivity index is 0.000000807. The van der Waals surface area contributed by atoms with E-state index in [0.29, 0.717) is 0 Å². The molecule has 0 radical (unpaired) electrons. The SMILES string of the molecule is C1=CC2[CH-]C(CC3[CH-]C4C=CC=CC4C3)CC2C=C1.[Cl-].[Cl-].[Hf+4]. The zero-order valence-corrected chi connectivity index (χ0v) is 17.7. The van der Waals surface area contributed by atoms with Gasteiger partial charge < -0.3 is 37.7 Å². The second-order valence-electron chi connectivity index (χ2n) is 6.63. The molecule has 2 saturated carbocycles. The van der Waals surface area contributed by atoms with Gasteiger partial charge in [-0.2, -0.15) is 11.8 Å². The maximum atomic E-state index is 2.62. The summed E-state index contributed by atoms with van der Waals surface area (Å²) < 4.78 is 0. The molecular weight excluding hydrogens is 478 g/mol. The molecule has 0 nitrogen and oxygen atoms in total. The fourth-order valence-corrected chi connectivity index (χ4v) is 4.45. The molecule has 2 fully saturated rings. The summed E-state index contributed by atoms with van der Waals surface area (Å²) in [7, 11) is 0. The number of fused-ring (bicyclic) bond motifs is 2. The Labute approximate surface area is 166 Å². The number of allylic oxidation sites excluding steroid dienone is 8. The average molecular weight is 500 g/mol. The molecule has 0 spiro atoms. The molecule has 116 valence electrons. The minimum atomic E-state index is 0. The fraction of sp³-hybridized carbons (Fsp3) is 0.474. The van der Waals surface area contributed by atoms with Crippen molar-refractivity contribution in [2.45, 2.75) is 19.3 Å². The van der Waals surface area contributed by atoms with Crippen LogP contribution in [0.15, 0.2) is 48.6 Å². The van der Waals surface area contributed by atoms with Crippen LogP contribution in [0.4, 0.5) is 0 Å². The van der Waals surface area contributed by atoms with Gasteiger partial charge in [0.25, 0.3) is 0 Å². The maximum Gasteiger partial charge on any atom is 4.00 e. The van der Waals surface area contributed by atoms with Crippen LogP contribution < -0.4 is 24.8 Å². The van der Waals surface area contributed by atoms with Crippen molar-refractivity contribution in [1.29, 1.82) is 0 Å². The minimum absolute atomic E-state index is 0. The zero-order chi connectivity index (χ0) is 12.7. The number of hydrogen-bond acceptors (Lipinski definition) is 0. The van der Waals surface area contributed by atoms with Crippen LogP contribution in [0.3, 0.4) is 0 Å². The van der Waals surface area contributed by atoms with E-state index < -0.39 is 0 Å². The number of rotatable bonds is 2. The van der Waals surface area contributed by atoms with Crippen LogP contribution in [0, 0.1) is 48.3 Å². The van der Waals surface area contributed by atoms with E-state index in [1.807, 2.05) is 0 Å². The summed E-state index contributed by atoms with van der Waals surface area (Å²) >= 11 is 0. The summed E-state index contributed by atoms with van der Waals surface area (Å²) in [5.74, 6) is 4.68. The normalized spacial score (nSPS) is 40.2. The quantitative estimate of drug-likeness (QED) is 0.322. The van der Waals surface area contributed by atoms with Gasteiger partial charge in [-0.25, -0.2) is 0 Å². The van der Waals surface area contributed by atoms with Gasteiger partial charge in [-0.3, -0.25) is 0 Å². The van der Waals surface area contributed by atoms with Crippen molar-refractivity contribution < 1.29 is 50.7 Å². The van der Waals surface area contributed by atoms with Crippen LogP contribution in [0.25, 0.3) is 0 Å². The fourth-order valence-electron chi connectivity index (χ4n) is 4.45. The molecule has 6 atom stereocenters. The third-order valence-corrected chi connectivity index (χ3v) is 5.34. The van der Waals surface area contributed by atoms with Crippen molar-refractivity contribution >= 4 is 0 Å². The number of hydrogen-bond donors (Lipinski definition) is 0. The summed E-state index contributed by atoms with van der Waals surface area (Å²) in [6.07, 6.45) is 27.8. The second-order valence-corrected chi connectivity index (χ2v) is 6.63. The Bertz CT molecular complexity index is 384. The Hall–Kier alpha value is 0.410. The molecule has 0 amide bonds. The molecule has 0 bridgehead atoms.